The van der Waals surface area contributed by atoms with Crippen molar-refractivity contribution in [1.29, 1.82) is 0 Å². The van der Waals surface area contributed by atoms with Crippen molar-refractivity contribution < 1.29 is 13.2 Å². The average Bonchev–Trinajstić information content (AvgIpc) is 2.39. The molecule has 1 aliphatic heterocycles. The van der Waals surface area contributed by atoms with Crippen LogP contribution in [0.1, 0.15) is 5.56 Å². The molecule has 20 heavy (non-hydrogen) atoms. The van der Waals surface area contributed by atoms with Gasteiger partial charge in [-0.2, -0.15) is 11.8 Å². The topological polar surface area (TPSA) is 54.5 Å². The van der Waals surface area contributed by atoms with E-state index in [1.807, 2.05) is 30.3 Å². The van der Waals surface area contributed by atoms with E-state index in [0.29, 0.717) is 18.7 Å². The molecule has 0 radical (unpaired) electrons. The van der Waals surface area contributed by atoms with Gasteiger partial charge in [0.2, 0.25) is 0 Å². The molecule has 1 unspecified atom stereocenters. The summed E-state index contributed by atoms with van der Waals surface area (Å²) in [5.74, 6) is 1.50. The number of benzene rings is 1. The molecule has 0 amide bonds. The zero-order chi connectivity index (χ0) is 14.6. The number of Topliss-reactive ketones (excluding diaryl/α,β-unsaturated/α-hetero) is 1. The van der Waals surface area contributed by atoms with Crippen molar-refractivity contribution in [3.05, 3.63) is 35.9 Å². The molecule has 0 saturated carbocycles. The van der Waals surface area contributed by atoms with Gasteiger partial charge < -0.3 is 0 Å². The van der Waals surface area contributed by atoms with Crippen LogP contribution in [0.3, 0.4) is 0 Å². The molecule has 0 aliphatic carbocycles. The molecule has 110 valence electrons. The van der Waals surface area contributed by atoms with Gasteiger partial charge in [0.25, 0.3) is 0 Å². The Morgan fingerprint density at radius 2 is 2.05 bits per heavy atom. The van der Waals surface area contributed by atoms with Crippen LogP contribution in [0.15, 0.2) is 30.3 Å². The highest BCUT2D eigenvalue weighted by Gasteiger charge is 2.31. The molecular formula is C14H19NO3S2. The van der Waals surface area contributed by atoms with E-state index in [1.165, 1.54) is 6.26 Å². The minimum Gasteiger partial charge on any atom is -0.298 e. The van der Waals surface area contributed by atoms with Crippen molar-refractivity contribution in [1.82, 2.24) is 4.90 Å². The van der Waals surface area contributed by atoms with Crippen molar-refractivity contribution in [2.24, 2.45) is 0 Å². The number of sulfone groups is 1. The zero-order valence-electron chi connectivity index (χ0n) is 11.5. The van der Waals surface area contributed by atoms with Crippen molar-refractivity contribution in [2.75, 3.05) is 30.9 Å². The Hall–Kier alpha value is -0.850. The number of ketones is 1. The molecule has 1 aromatic rings. The Bertz CT molecular complexity index is 557. The first-order valence-corrected chi connectivity index (χ1v) is 9.64. The monoisotopic (exact) mass is 313 g/mol. The van der Waals surface area contributed by atoms with E-state index < -0.39 is 15.2 Å². The molecule has 1 aromatic carbocycles. The van der Waals surface area contributed by atoms with Crippen LogP contribution in [-0.2, 0) is 21.1 Å². The molecule has 6 heteroatoms. The smallest absolute Gasteiger partial charge is 0.164 e. The Morgan fingerprint density at radius 3 is 2.70 bits per heavy atom. The van der Waals surface area contributed by atoms with Crippen LogP contribution in [0.2, 0.25) is 0 Å². The van der Waals surface area contributed by atoms with Crippen LogP contribution in [0.5, 0.6) is 0 Å². The van der Waals surface area contributed by atoms with Crippen molar-refractivity contribution >= 4 is 27.4 Å². The highest BCUT2D eigenvalue weighted by Crippen LogP contribution is 2.20. The summed E-state index contributed by atoms with van der Waals surface area (Å²) in [7, 11) is -3.14. The lowest BCUT2D eigenvalue weighted by Gasteiger charge is -2.33. The van der Waals surface area contributed by atoms with Crippen LogP contribution >= 0.6 is 11.8 Å². The minimum absolute atomic E-state index is 0.0664. The molecular weight excluding hydrogens is 294 g/mol. The van der Waals surface area contributed by atoms with E-state index in [1.54, 1.807) is 16.7 Å². The predicted molar refractivity (Wildman–Crippen MR) is 82.7 cm³/mol. The summed E-state index contributed by atoms with van der Waals surface area (Å²) in [6.07, 6.45) is 1.61. The van der Waals surface area contributed by atoms with Gasteiger partial charge in [0.05, 0.1) is 6.54 Å². The Kier molecular flexibility index (Phi) is 5.23. The van der Waals surface area contributed by atoms with Crippen LogP contribution in [-0.4, -0.2) is 55.3 Å². The van der Waals surface area contributed by atoms with Gasteiger partial charge in [-0.15, -0.1) is 0 Å². The van der Waals surface area contributed by atoms with Gasteiger partial charge in [0, 0.05) is 30.7 Å². The summed E-state index contributed by atoms with van der Waals surface area (Å²) in [5, 5.41) is -0.527. The third kappa shape index (κ3) is 4.33. The summed E-state index contributed by atoms with van der Waals surface area (Å²) in [6, 6.07) is 9.55. The molecule has 0 N–H and O–H groups in total. The summed E-state index contributed by atoms with van der Waals surface area (Å²) in [6.45, 7) is 0.871. The SMILES string of the molecule is CS(=O)(=O)C1CSCCN1CC(=O)Cc1ccccc1. The molecule has 1 heterocycles. The summed E-state index contributed by atoms with van der Waals surface area (Å²) >= 11 is 1.63. The van der Waals surface area contributed by atoms with Crippen LogP contribution in [0.25, 0.3) is 0 Å². The molecule has 1 aliphatic rings. The molecule has 0 spiro atoms. The number of carbonyl (C=O) groups is 1. The van der Waals surface area contributed by atoms with Gasteiger partial charge in [-0.1, -0.05) is 30.3 Å². The number of thioether (sulfide) groups is 1. The second kappa shape index (κ2) is 6.74. The standard InChI is InChI=1S/C14H19NO3S2/c1-20(17,18)14-11-19-8-7-15(14)10-13(16)9-12-5-3-2-4-6-12/h2-6,14H,7-11H2,1H3. The van der Waals surface area contributed by atoms with Crippen molar-refractivity contribution in [3.8, 4) is 0 Å². The number of nitrogens with zero attached hydrogens (tertiary/aromatic N) is 1. The molecule has 0 bridgehead atoms. The van der Waals surface area contributed by atoms with E-state index in [-0.39, 0.29) is 12.3 Å². The Labute approximate surface area is 124 Å². The normalized spacial score (nSPS) is 20.8. The second-order valence-electron chi connectivity index (χ2n) is 5.03. The third-order valence-corrected chi connectivity index (χ3v) is 6.00. The highest BCUT2D eigenvalue weighted by atomic mass is 32.2. The summed E-state index contributed by atoms with van der Waals surface area (Å²) < 4.78 is 23.5. The second-order valence-corrected chi connectivity index (χ2v) is 8.38. The van der Waals surface area contributed by atoms with Crippen molar-refractivity contribution in [3.63, 3.8) is 0 Å². The first-order valence-electron chi connectivity index (χ1n) is 6.53. The maximum atomic E-state index is 12.1. The van der Waals surface area contributed by atoms with E-state index in [2.05, 4.69) is 0 Å². The summed E-state index contributed by atoms with van der Waals surface area (Å²) in [5.41, 5.74) is 0.972. The predicted octanol–water partition coefficient (Wildman–Crippen LogP) is 1.22. The minimum atomic E-state index is -3.14. The fourth-order valence-electron chi connectivity index (χ4n) is 2.30. The fourth-order valence-corrected chi connectivity index (χ4v) is 5.24. The van der Waals surface area contributed by atoms with E-state index in [9.17, 15) is 13.2 Å². The first kappa shape index (κ1) is 15.5. The maximum Gasteiger partial charge on any atom is 0.164 e. The van der Waals surface area contributed by atoms with Gasteiger partial charge in [0.1, 0.15) is 5.37 Å². The molecule has 0 aromatic heterocycles. The number of hydrogen-bond acceptors (Lipinski definition) is 5. The molecule has 1 fully saturated rings. The van der Waals surface area contributed by atoms with Gasteiger partial charge in [0.15, 0.2) is 15.6 Å². The van der Waals surface area contributed by atoms with Crippen LogP contribution in [0.4, 0.5) is 0 Å². The van der Waals surface area contributed by atoms with Gasteiger partial charge >= 0.3 is 0 Å². The van der Waals surface area contributed by atoms with Crippen molar-refractivity contribution in [2.45, 2.75) is 11.8 Å². The molecule has 2 rings (SSSR count). The Morgan fingerprint density at radius 1 is 1.35 bits per heavy atom. The fraction of sp³-hybridized carbons (Fsp3) is 0.500. The highest BCUT2D eigenvalue weighted by molar-refractivity contribution is 8.00. The average molecular weight is 313 g/mol. The number of rotatable bonds is 5. The molecule has 1 atom stereocenters. The quantitative estimate of drug-likeness (QED) is 0.818. The lowest BCUT2D eigenvalue weighted by molar-refractivity contribution is -0.119. The molecule has 1 saturated heterocycles. The molecule has 4 nitrogen and oxygen atoms in total. The lowest BCUT2D eigenvalue weighted by atomic mass is 10.1. The van der Waals surface area contributed by atoms with E-state index >= 15 is 0 Å². The number of carbonyl (C=O) groups excluding carboxylic acids is 1. The maximum absolute atomic E-state index is 12.1. The summed E-state index contributed by atoms with van der Waals surface area (Å²) in [4.78, 5) is 13.9. The van der Waals surface area contributed by atoms with Gasteiger partial charge in [-0.05, 0) is 5.56 Å². The number of hydrogen-bond donors (Lipinski definition) is 0. The van der Waals surface area contributed by atoms with E-state index in [0.717, 1.165) is 11.3 Å². The van der Waals surface area contributed by atoms with E-state index in [4.69, 9.17) is 0 Å². The van der Waals surface area contributed by atoms with Gasteiger partial charge in [-0.3, -0.25) is 9.69 Å². The Balaban J connectivity index is 1.98. The zero-order valence-corrected chi connectivity index (χ0v) is 13.1. The van der Waals surface area contributed by atoms with Gasteiger partial charge in [-0.25, -0.2) is 8.42 Å². The largest absolute Gasteiger partial charge is 0.298 e. The van der Waals surface area contributed by atoms with Crippen LogP contribution < -0.4 is 0 Å². The third-order valence-electron chi connectivity index (χ3n) is 3.31. The lowest BCUT2D eigenvalue weighted by Crippen LogP contribution is -2.49. The first-order chi connectivity index (χ1) is 9.47. The van der Waals surface area contributed by atoms with Crippen LogP contribution in [0, 0.1) is 0 Å².